The van der Waals surface area contributed by atoms with Crippen molar-refractivity contribution in [3.63, 3.8) is 0 Å². The lowest BCUT2D eigenvalue weighted by atomic mass is 9.93. The van der Waals surface area contributed by atoms with Crippen LogP contribution in [0.4, 0.5) is 0 Å². The number of carbonyl (C=O) groups is 1. The van der Waals surface area contributed by atoms with Crippen LogP contribution in [0.1, 0.15) is 13.8 Å². The van der Waals surface area contributed by atoms with Crippen molar-refractivity contribution < 1.29 is 4.79 Å². The normalized spacial score (nSPS) is 11.3. The Hall–Kier alpha value is -1.62. The third-order valence-electron chi connectivity index (χ3n) is 2.85. The minimum atomic E-state index is -0.169. The Bertz CT molecular complexity index is 465. The van der Waals surface area contributed by atoms with Gasteiger partial charge in [0.1, 0.15) is 6.54 Å². The van der Waals surface area contributed by atoms with E-state index in [2.05, 4.69) is 0 Å². The molecule has 0 spiro atoms. The van der Waals surface area contributed by atoms with Crippen molar-refractivity contribution in [2.24, 2.45) is 11.1 Å². The van der Waals surface area contributed by atoms with Crippen LogP contribution in [0.25, 0.3) is 0 Å². The number of hydrogen-bond donors (Lipinski definition) is 1. The molecule has 0 aromatic carbocycles. The fourth-order valence-electron chi connectivity index (χ4n) is 1.65. The Morgan fingerprint density at radius 3 is 2.67 bits per heavy atom. The van der Waals surface area contributed by atoms with Gasteiger partial charge in [-0.1, -0.05) is 19.9 Å². The molecule has 0 aliphatic carbocycles. The first kappa shape index (κ1) is 14.4. The molecule has 1 rings (SSSR count). The molecule has 1 heterocycles. The fraction of sp³-hybridized carbons (Fsp3) is 0.538. The van der Waals surface area contributed by atoms with E-state index in [1.807, 2.05) is 13.8 Å². The summed E-state index contributed by atoms with van der Waals surface area (Å²) in [6, 6.07) is 4.83. The first-order valence-corrected chi connectivity index (χ1v) is 5.95. The van der Waals surface area contributed by atoms with E-state index in [9.17, 15) is 9.59 Å². The molecule has 0 radical (unpaired) electrons. The molecular formula is C13H21N3O2. The molecule has 0 unspecified atom stereocenters. The molecule has 0 saturated heterocycles. The molecule has 5 nitrogen and oxygen atoms in total. The van der Waals surface area contributed by atoms with E-state index in [1.54, 1.807) is 30.3 Å². The van der Waals surface area contributed by atoms with E-state index in [0.717, 1.165) is 0 Å². The van der Waals surface area contributed by atoms with E-state index < -0.39 is 0 Å². The van der Waals surface area contributed by atoms with Crippen LogP contribution >= 0.6 is 0 Å². The molecule has 100 valence electrons. The van der Waals surface area contributed by atoms with Gasteiger partial charge in [0.05, 0.1) is 0 Å². The second-order valence-corrected chi connectivity index (χ2v) is 5.28. The molecule has 0 aliphatic heterocycles. The van der Waals surface area contributed by atoms with E-state index in [0.29, 0.717) is 13.1 Å². The summed E-state index contributed by atoms with van der Waals surface area (Å²) >= 11 is 0. The number of likely N-dealkylation sites (N-methyl/N-ethyl adjacent to an activating group) is 1. The van der Waals surface area contributed by atoms with Crippen LogP contribution in [0.15, 0.2) is 29.2 Å². The third-order valence-corrected chi connectivity index (χ3v) is 2.85. The monoisotopic (exact) mass is 251 g/mol. The molecule has 0 aliphatic rings. The molecule has 1 amide bonds. The summed E-state index contributed by atoms with van der Waals surface area (Å²) in [5.41, 5.74) is 5.35. The molecule has 18 heavy (non-hydrogen) atoms. The zero-order chi connectivity index (χ0) is 13.8. The summed E-state index contributed by atoms with van der Waals surface area (Å²) < 4.78 is 1.40. The number of carbonyl (C=O) groups excluding carboxylic acids is 1. The highest BCUT2D eigenvalue weighted by Gasteiger charge is 2.21. The largest absolute Gasteiger partial charge is 0.344 e. The summed E-state index contributed by atoms with van der Waals surface area (Å²) in [6.45, 7) is 5.16. The standard InChI is InChI=1S/C13H21N3O2/c1-13(2,9-14)10-15(3)12(18)8-16-7-5-4-6-11(16)17/h4-7H,8-10,14H2,1-3H3. The van der Waals surface area contributed by atoms with Crippen LogP contribution in [0.5, 0.6) is 0 Å². The molecule has 0 fully saturated rings. The van der Waals surface area contributed by atoms with Gasteiger partial charge < -0.3 is 15.2 Å². The van der Waals surface area contributed by atoms with Crippen molar-refractivity contribution in [2.75, 3.05) is 20.1 Å². The number of hydrogen-bond acceptors (Lipinski definition) is 3. The van der Waals surface area contributed by atoms with E-state index in [4.69, 9.17) is 5.73 Å². The first-order valence-electron chi connectivity index (χ1n) is 5.95. The molecule has 1 aromatic rings. The maximum atomic E-state index is 12.0. The van der Waals surface area contributed by atoms with E-state index >= 15 is 0 Å². The summed E-state index contributed by atoms with van der Waals surface area (Å²) in [4.78, 5) is 25.1. The molecule has 1 aromatic heterocycles. The molecule has 0 atom stereocenters. The summed E-state index contributed by atoms with van der Waals surface area (Å²) in [5.74, 6) is -0.0928. The number of amides is 1. The number of nitrogens with two attached hydrogens (primary N) is 1. The molecule has 5 heteroatoms. The van der Waals surface area contributed by atoms with Crippen LogP contribution in [0, 0.1) is 5.41 Å². The van der Waals surface area contributed by atoms with Gasteiger partial charge in [0, 0.05) is 25.9 Å². The highest BCUT2D eigenvalue weighted by atomic mass is 16.2. The van der Waals surface area contributed by atoms with Gasteiger partial charge in [-0.25, -0.2) is 0 Å². The Morgan fingerprint density at radius 1 is 1.44 bits per heavy atom. The topological polar surface area (TPSA) is 68.3 Å². The maximum Gasteiger partial charge on any atom is 0.250 e. The Kier molecular flexibility index (Phi) is 4.67. The summed E-state index contributed by atoms with van der Waals surface area (Å²) in [7, 11) is 1.73. The quantitative estimate of drug-likeness (QED) is 0.818. The summed E-state index contributed by atoms with van der Waals surface area (Å²) in [5, 5.41) is 0. The molecular weight excluding hydrogens is 230 g/mol. The minimum Gasteiger partial charge on any atom is -0.344 e. The van der Waals surface area contributed by atoms with Gasteiger partial charge in [-0.05, 0) is 18.0 Å². The van der Waals surface area contributed by atoms with E-state index in [-0.39, 0.29) is 23.4 Å². The van der Waals surface area contributed by atoms with Gasteiger partial charge in [-0.2, -0.15) is 0 Å². The second-order valence-electron chi connectivity index (χ2n) is 5.28. The second kappa shape index (κ2) is 5.82. The number of nitrogens with zero attached hydrogens (tertiary/aromatic N) is 2. The van der Waals surface area contributed by atoms with E-state index in [1.165, 1.54) is 10.6 Å². The van der Waals surface area contributed by atoms with Crippen LogP contribution < -0.4 is 11.3 Å². The van der Waals surface area contributed by atoms with Crippen LogP contribution in [-0.2, 0) is 11.3 Å². The predicted octanol–water partition coefficient (Wildman–Crippen LogP) is 0.292. The zero-order valence-electron chi connectivity index (χ0n) is 11.2. The van der Waals surface area contributed by atoms with Gasteiger partial charge in [0.25, 0.3) is 5.56 Å². The third kappa shape index (κ3) is 4.00. The van der Waals surface area contributed by atoms with Gasteiger partial charge in [0.15, 0.2) is 0 Å². The van der Waals surface area contributed by atoms with Crippen molar-refractivity contribution >= 4 is 5.91 Å². The average Bonchev–Trinajstić information content (AvgIpc) is 2.31. The van der Waals surface area contributed by atoms with Crippen molar-refractivity contribution in [3.8, 4) is 0 Å². The SMILES string of the molecule is CN(CC(C)(C)CN)C(=O)Cn1ccccc1=O. The van der Waals surface area contributed by atoms with Crippen molar-refractivity contribution in [1.29, 1.82) is 0 Å². The average molecular weight is 251 g/mol. The van der Waals surface area contributed by atoms with Crippen molar-refractivity contribution in [3.05, 3.63) is 34.7 Å². The van der Waals surface area contributed by atoms with Gasteiger partial charge >= 0.3 is 0 Å². The van der Waals surface area contributed by atoms with Gasteiger partial charge in [-0.15, -0.1) is 0 Å². The Morgan fingerprint density at radius 2 is 2.11 bits per heavy atom. The first-order chi connectivity index (χ1) is 8.35. The molecule has 2 N–H and O–H groups in total. The lowest BCUT2D eigenvalue weighted by molar-refractivity contribution is -0.131. The molecule has 0 bridgehead atoms. The van der Waals surface area contributed by atoms with Gasteiger partial charge in [-0.3, -0.25) is 9.59 Å². The lowest BCUT2D eigenvalue weighted by Crippen LogP contribution is -2.41. The highest BCUT2D eigenvalue weighted by molar-refractivity contribution is 5.75. The van der Waals surface area contributed by atoms with Crippen molar-refractivity contribution in [2.45, 2.75) is 20.4 Å². The van der Waals surface area contributed by atoms with Gasteiger partial charge in [0.2, 0.25) is 5.91 Å². The van der Waals surface area contributed by atoms with Crippen LogP contribution in [-0.4, -0.2) is 35.5 Å². The number of rotatable bonds is 5. The Labute approximate surface area is 107 Å². The zero-order valence-corrected chi connectivity index (χ0v) is 11.2. The maximum absolute atomic E-state index is 12.0. The predicted molar refractivity (Wildman–Crippen MR) is 71.2 cm³/mol. The fourth-order valence-corrected chi connectivity index (χ4v) is 1.65. The Balaban J connectivity index is 2.67. The highest BCUT2D eigenvalue weighted by Crippen LogP contribution is 2.13. The summed E-state index contributed by atoms with van der Waals surface area (Å²) in [6.07, 6.45) is 1.61. The van der Waals surface area contributed by atoms with Crippen LogP contribution in [0.2, 0.25) is 0 Å². The lowest BCUT2D eigenvalue weighted by Gasteiger charge is -2.29. The van der Waals surface area contributed by atoms with Crippen molar-refractivity contribution in [1.82, 2.24) is 9.47 Å². The smallest absolute Gasteiger partial charge is 0.250 e. The molecule has 0 saturated carbocycles. The number of aromatic nitrogens is 1. The minimum absolute atomic E-state index is 0.0663. The number of pyridine rings is 1. The van der Waals surface area contributed by atoms with Crippen LogP contribution in [0.3, 0.4) is 0 Å².